The maximum atomic E-state index is 8.53. The zero-order valence-corrected chi connectivity index (χ0v) is 9.11. The first kappa shape index (κ1) is 10.5. The fourth-order valence-corrected chi connectivity index (χ4v) is 1.95. The summed E-state index contributed by atoms with van der Waals surface area (Å²) < 4.78 is 0. The van der Waals surface area contributed by atoms with Gasteiger partial charge in [-0.05, 0) is 12.1 Å². The third-order valence-corrected chi connectivity index (χ3v) is 3.04. The van der Waals surface area contributed by atoms with Gasteiger partial charge in [-0.15, -0.1) is 11.8 Å². The van der Waals surface area contributed by atoms with Crippen molar-refractivity contribution >= 4 is 11.8 Å². The van der Waals surface area contributed by atoms with Gasteiger partial charge in [0.2, 0.25) is 0 Å². The van der Waals surface area contributed by atoms with Gasteiger partial charge in [0, 0.05) is 10.6 Å². The number of thioether (sulfide) groups is 1. The van der Waals surface area contributed by atoms with Gasteiger partial charge < -0.3 is 0 Å². The van der Waals surface area contributed by atoms with Gasteiger partial charge in [-0.2, -0.15) is 10.3 Å². The predicted molar refractivity (Wildman–Crippen MR) is 59.2 cm³/mol. The molecule has 78 valence electrons. The van der Waals surface area contributed by atoms with Gasteiger partial charge in [0.05, 0.1) is 19.2 Å². The van der Waals surface area contributed by atoms with E-state index >= 15 is 0 Å². The second kappa shape index (κ2) is 5.17. The van der Waals surface area contributed by atoms with Crippen LogP contribution in [0.3, 0.4) is 0 Å². The van der Waals surface area contributed by atoms with E-state index in [0.29, 0.717) is 6.61 Å². The van der Waals surface area contributed by atoms with Gasteiger partial charge in [-0.3, -0.25) is 4.84 Å². The van der Waals surface area contributed by atoms with E-state index in [0.717, 1.165) is 12.3 Å². The number of rotatable bonds is 5. The van der Waals surface area contributed by atoms with Gasteiger partial charge in [-0.1, -0.05) is 18.2 Å². The molecule has 1 saturated heterocycles. The van der Waals surface area contributed by atoms with Crippen LogP contribution in [0.4, 0.5) is 0 Å². The number of hydrogen-bond donors (Lipinski definition) is 0. The summed E-state index contributed by atoms with van der Waals surface area (Å²) in [5.74, 6) is 0.915. The lowest BCUT2D eigenvalue weighted by Gasteiger charge is -2.03. The SMILES string of the molecule is N#CC1CN1OCCSc1ccccc1. The molecule has 1 heterocycles. The van der Waals surface area contributed by atoms with Gasteiger partial charge in [-0.25, -0.2) is 0 Å². The Hall–Kier alpha value is -1.02. The molecule has 1 aliphatic heterocycles. The molecule has 0 bridgehead atoms. The number of hydrogen-bond acceptors (Lipinski definition) is 4. The van der Waals surface area contributed by atoms with Crippen LogP contribution in [-0.4, -0.2) is 30.0 Å². The molecule has 2 rings (SSSR count). The molecule has 0 aromatic heterocycles. The molecule has 1 aromatic rings. The summed E-state index contributed by atoms with van der Waals surface area (Å²) in [4.78, 5) is 6.62. The van der Waals surface area contributed by atoms with Crippen LogP contribution in [0.25, 0.3) is 0 Å². The smallest absolute Gasteiger partial charge is 0.137 e. The molecule has 4 heteroatoms. The highest BCUT2D eigenvalue weighted by Gasteiger charge is 2.35. The molecule has 0 radical (unpaired) electrons. The van der Waals surface area contributed by atoms with Crippen LogP contribution in [0.2, 0.25) is 0 Å². The normalized spacial score (nSPS) is 23.4. The largest absolute Gasteiger partial charge is 0.297 e. The Kier molecular flexibility index (Phi) is 3.62. The lowest BCUT2D eigenvalue weighted by Crippen LogP contribution is -2.05. The third-order valence-electron chi connectivity index (χ3n) is 2.07. The Morgan fingerprint density at radius 2 is 2.27 bits per heavy atom. The van der Waals surface area contributed by atoms with Crippen molar-refractivity contribution in [3.8, 4) is 6.07 Å². The third kappa shape index (κ3) is 3.24. The van der Waals surface area contributed by atoms with Gasteiger partial charge >= 0.3 is 0 Å². The van der Waals surface area contributed by atoms with Crippen LogP contribution in [0, 0.1) is 11.3 Å². The zero-order chi connectivity index (χ0) is 10.5. The van der Waals surface area contributed by atoms with Crippen LogP contribution >= 0.6 is 11.8 Å². The molecular formula is C11H12N2OS. The molecule has 1 aliphatic rings. The van der Waals surface area contributed by atoms with E-state index in [9.17, 15) is 0 Å². The summed E-state index contributed by atoms with van der Waals surface area (Å²) in [5.41, 5.74) is 0. The van der Waals surface area contributed by atoms with E-state index in [-0.39, 0.29) is 6.04 Å². The number of nitriles is 1. The van der Waals surface area contributed by atoms with Crippen LogP contribution in [0.1, 0.15) is 0 Å². The Labute approximate surface area is 93.6 Å². The Bertz CT molecular complexity index is 349. The van der Waals surface area contributed by atoms with E-state index in [1.807, 2.05) is 18.2 Å². The highest BCUT2D eigenvalue weighted by Crippen LogP contribution is 2.19. The average Bonchev–Trinajstić information content (AvgIpc) is 3.05. The zero-order valence-electron chi connectivity index (χ0n) is 8.30. The first-order chi connectivity index (χ1) is 7.40. The van der Waals surface area contributed by atoms with Crippen molar-refractivity contribution < 1.29 is 4.84 Å². The van der Waals surface area contributed by atoms with Crippen LogP contribution in [0.5, 0.6) is 0 Å². The number of hydroxylamine groups is 2. The number of benzene rings is 1. The standard InChI is InChI=1S/C11H12N2OS/c12-8-10-9-13(10)14-6-7-15-11-4-2-1-3-5-11/h1-5,10H,6-7,9H2. The molecule has 15 heavy (non-hydrogen) atoms. The average molecular weight is 220 g/mol. The molecule has 0 spiro atoms. The van der Waals surface area contributed by atoms with Gasteiger partial charge in [0.25, 0.3) is 0 Å². The summed E-state index contributed by atoms with van der Waals surface area (Å²) in [7, 11) is 0. The minimum absolute atomic E-state index is 0.00766. The van der Waals surface area contributed by atoms with Crippen molar-refractivity contribution in [3.05, 3.63) is 30.3 Å². The van der Waals surface area contributed by atoms with Crippen molar-refractivity contribution in [1.29, 1.82) is 5.26 Å². The van der Waals surface area contributed by atoms with Gasteiger partial charge in [0.1, 0.15) is 6.04 Å². The van der Waals surface area contributed by atoms with Crippen LogP contribution < -0.4 is 0 Å². The van der Waals surface area contributed by atoms with Crippen molar-refractivity contribution in [2.75, 3.05) is 18.9 Å². The topological polar surface area (TPSA) is 36.0 Å². The monoisotopic (exact) mass is 220 g/mol. The van der Waals surface area contributed by atoms with Gasteiger partial charge in [0.15, 0.2) is 0 Å². The summed E-state index contributed by atoms with van der Waals surface area (Å²) in [6.45, 7) is 1.42. The summed E-state index contributed by atoms with van der Waals surface area (Å²) in [5, 5.41) is 10.2. The van der Waals surface area contributed by atoms with E-state index in [1.54, 1.807) is 16.8 Å². The number of nitrogens with zero attached hydrogens (tertiary/aromatic N) is 2. The predicted octanol–water partition coefficient (Wildman–Crippen LogP) is 1.92. The maximum absolute atomic E-state index is 8.53. The molecule has 1 aromatic carbocycles. The second-order valence-corrected chi connectivity index (χ2v) is 4.41. The first-order valence-corrected chi connectivity index (χ1v) is 5.86. The minimum atomic E-state index is -0.00766. The fraction of sp³-hybridized carbons (Fsp3) is 0.364. The van der Waals surface area contributed by atoms with E-state index < -0.39 is 0 Å². The quantitative estimate of drug-likeness (QED) is 0.431. The van der Waals surface area contributed by atoms with E-state index in [2.05, 4.69) is 18.2 Å². The van der Waals surface area contributed by atoms with Crippen LogP contribution in [-0.2, 0) is 4.84 Å². The molecule has 0 aliphatic carbocycles. The van der Waals surface area contributed by atoms with E-state index in [1.165, 1.54) is 4.90 Å². The molecule has 2 unspecified atom stereocenters. The Morgan fingerprint density at radius 1 is 1.47 bits per heavy atom. The second-order valence-electron chi connectivity index (χ2n) is 3.24. The molecule has 0 N–H and O–H groups in total. The fourth-order valence-electron chi connectivity index (χ4n) is 1.20. The van der Waals surface area contributed by atoms with Crippen LogP contribution in [0.15, 0.2) is 35.2 Å². The lowest BCUT2D eigenvalue weighted by atomic mass is 10.4. The highest BCUT2D eigenvalue weighted by atomic mass is 32.2. The molecule has 0 amide bonds. The molecule has 0 saturated carbocycles. The molecule has 3 nitrogen and oxygen atoms in total. The minimum Gasteiger partial charge on any atom is -0.297 e. The Balaban J connectivity index is 1.59. The lowest BCUT2D eigenvalue weighted by molar-refractivity contribution is -0.0618. The summed E-state index contributed by atoms with van der Waals surface area (Å²) in [6, 6.07) is 12.4. The molecular weight excluding hydrogens is 208 g/mol. The first-order valence-electron chi connectivity index (χ1n) is 4.87. The Morgan fingerprint density at radius 3 is 2.93 bits per heavy atom. The van der Waals surface area contributed by atoms with E-state index in [4.69, 9.17) is 10.1 Å². The summed E-state index contributed by atoms with van der Waals surface area (Å²) >= 11 is 1.76. The van der Waals surface area contributed by atoms with Crippen molar-refractivity contribution in [2.45, 2.75) is 10.9 Å². The molecule has 2 atom stereocenters. The molecule has 1 fully saturated rings. The maximum Gasteiger partial charge on any atom is 0.137 e. The van der Waals surface area contributed by atoms with Crippen molar-refractivity contribution in [3.63, 3.8) is 0 Å². The highest BCUT2D eigenvalue weighted by molar-refractivity contribution is 7.99. The van der Waals surface area contributed by atoms with Crippen molar-refractivity contribution in [1.82, 2.24) is 5.06 Å². The summed E-state index contributed by atoms with van der Waals surface area (Å²) in [6.07, 6.45) is 0. The van der Waals surface area contributed by atoms with Crippen molar-refractivity contribution in [2.24, 2.45) is 0 Å².